The van der Waals surface area contributed by atoms with Crippen molar-refractivity contribution in [2.45, 2.75) is 12.8 Å². The fourth-order valence-corrected chi connectivity index (χ4v) is 2.99. The van der Waals surface area contributed by atoms with E-state index >= 15 is 0 Å². The van der Waals surface area contributed by atoms with Gasteiger partial charge in [-0.05, 0) is 43.2 Å². The van der Waals surface area contributed by atoms with E-state index in [1.54, 1.807) is 6.21 Å². The minimum absolute atomic E-state index is 0.207. The number of carbonyl (C=O) groups is 1. The third-order valence-corrected chi connectivity index (χ3v) is 4.60. The number of hydrogen-bond acceptors (Lipinski definition) is 3. The average molecular weight is 372 g/mol. The number of rotatable bonds is 4. The van der Waals surface area contributed by atoms with Gasteiger partial charge in [-0.2, -0.15) is 5.10 Å². The Balaban J connectivity index is 1.61. The monoisotopic (exact) mass is 371 g/mol. The van der Waals surface area contributed by atoms with E-state index in [0.29, 0.717) is 5.56 Å². The minimum atomic E-state index is -0.207. The number of hydrazone groups is 1. The van der Waals surface area contributed by atoms with Crippen molar-refractivity contribution >= 4 is 33.7 Å². The summed E-state index contributed by atoms with van der Waals surface area (Å²) >= 11 is 3.44. The largest absolute Gasteiger partial charge is 0.372 e. The first kappa shape index (κ1) is 15.7. The third kappa shape index (κ3) is 3.99. The highest BCUT2D eigenvalue weighted by atomic mass is 79.9. The van der Waals surface area contributed by atoms with Crippen LogP contribution < -0.4 is 10.3 Å². The van der Waals surface area contributed by atoms with E-state index in [2.05, 4.69) is 31.4 Å². The Labute approximate surface area is 144 Å². The number of halogens is 1. The minimum Gasteiger partial charge on any atom is -0.372 e. The van der Waals surface area contributed by atoms with Crippen LogP contribution in [0, 0.1) is 0 Å². The van der Waals surface area contributed by atoms with Crippen LogP contribution in [0.3, 0.4) is 0 Å². The molecule has 0 aliphatic carbocycles. The van der Waals surface area contributed by atoms with Crippen LogP contribution >= 0.6 is 15.9 Å². The van der Waals surface area contributed by atoms with Gasteiger partial charge in [0.25, 0.3) is 5.91 Å². The van der Waals surface area contributed by atoms with Crippen LogP contribution in [0.15, 0.2) is 58.1 Å². The van der Waals surface area contributed by atoms with E-state index in [0.717, 1.165) is 23.1 Å². The van der Waals surface area contributed by atoms with Gasteiger partial charge in [0, 0.05) is 34.4 Å². The SMILES string of the molecule is O=C(N/N=C\c1ccccc1Br)c1ccc(N2CCCC2)cc1. The van der Waals surface area contributed by atoms with Gasteiger partial charge in [0.2, 0.25) is 0 Å². The lowest BCUT2D eigenvalue weighted by atomic mass is 10.2. The molecule has 1 fully saturated rings. The first-order valence-corrected chi connectivity index (χ1v) is 8.46. The smallest absolute Gasteiger partial charge is 0.271 e. The highest BCUT2D eigenvalue weighted by molar-refractivity contribution is 9.10. The molecule has 1 aliphatic rings. The summed E-state index contributed by atoms with van der Waals surface area (Å²) in [5.74, 6) is -0.207. The number of benzene rings is 2. The summed E-state index contributed by atoms with van der Waals surface area (Å²) in [6, 6.07) is 15.4. The zero-order chi connectivity index (χ0) is 16.1. The third-order valence-electron chi connectivity index (χ3n) is 3.88. The number of anilines is 1. The van der Waals surface area contributed by atoms with Gasteiger partial charge in [-0.15, -0.1) is 0 Å². The lowest BCUT2D eigenvalue weighted by molar-refractivity contribution is 0.0955. The molecule has 1 amide bonds. The lowest BCUT2D eigenvalue weighted by Gasteiger charge is -2.17. The van der Waals surface area contributed by atoms with Crippen molar-refractivity contribution in [3.63, 3.8) is 0 Å². The van der Waals surface area contributed by atoms with E-state index in [1.807, 2.05) is 48.5 Å². The van der Waals surface area contributed by atoms with Crippen LogP contribution in [0.1, 0.15) is 28.8 Å². The molecule has 0 atom stereocenters. The van der Waals surface area contributed by atoms with E-state index in [9.17, 15) is 4.79 Å². The standard InChI is InChI=1S/C18H18BrN3O/c19-17-6-2-1-5-15(17)13-20-21-18(23)14-7-9-16(10-8-14)22-11-3-4-12-22/h1-2,5-10,13H,3-4,11-12H2,(H,21,23)/b20-13-. The summed E-state index contributed by atoms with van der Waals surface area (Å²) in [4.78, 5) is 14.4. The number of nitrogens with zero attached hydrogens (tertiary/aromatic N) is 2. The highest BCUT2D eigenvalue weighted by Crippen LogP contribution is 2.20. The molecule has 0 spiro atoms. The summed E-state index contributed by atoms with van der Waals surface area (Å²) in [6.07, 6.45) is 4.11. The Hall–Kier alpha value is -2.14. The lowest BCUT2D eigenvalue weighted by Crippen LogP contribution is -2.19. The molecule has 1 aliphatic heterocycles. The summed E-state index contributed by atoms with van der Waals surface area (Å²) in [5.41, 5.74) is 5.26. The summed E-state index contributed by atoms with van der Waals surface area (Å²) in [6.45, 7) is 2.20. The molecule has 0 radical (unpaired) electrons. The first-order valence-electron chi connectivity index (χ1n) is 7.67. The van der Waals surface area contributed by atoms with Crippen molar-refractivity contribution in [3.05, 3.63) is 64.1 Å². The van der Waals surface area contributed by atoms with Gasteiger partial charge in [0.15, 0.2) is 0 Å². The molecule has 23 heavy (non-hydrogen) atoms. The fourth-order valence-electron chi connectivity index (χ4n) is 2.60. The topological polar surface area (TPSA) is 44.7 Å². The zero-order valence-electron chi connectivity index (χ0n) is 12.7. The normalized spacial score (nSPS) is 14.4. The van der Waals surface area contributed by atoms with E-state index in [-0.39, 0.29) is 5.91 Å². The molecule has 118 valence electrons. The molecule has 2 aromatic rings. The molecule has 1 N–H and O–H groups in total. The first-order chi connectivity index (χ1) is 11.2. The molecular weight excluding hydrogens is 354 g/mol. The summed E-state index contributed by atoms with van der Waals surface area (Å²) in [7, 11) is 0. The Morgan fingerprint density at radius 2 is 1.78 bits per heavy atom. The maximum absolute atomic E-state index is 12.1. The number of amides is 1. The molecule has 5 heteroatoms. The second-order valence-corrected chi connectivity index (χ2v) is 6.32. The molecule has 0 bridgehead atoms. The van der Waals surface area contributed by atoms with E-state index < -0.39 is 0 Å². The molecular formula is C18H18BrN3O. The van der Waals surface area contributed by atoms with Gasteiger partial charge in [-0.25, -0.2) is 5.43 Å². The zero-order valence-corrected chi connectivity index (χ0v) is 14.3. The van der Waals surface area contributed by atoms with Crippen LogP contribution in [0.25, 0.3) is 0 Å². The Bertz CT molecular complexity index is 706. The number of nitrogens with one attached hydrogen (secondary N) is 1. The van der Waals surface area contributed by atoms with Crippen LogP contribution in [-0.4, -0.2) is 25.2 Å². The van der Waals surface area contributed by atoms with Crippen molar-refractivity contribution in [1.82, 2.24) is 5.43 Å². The van der Waals surface area contributed by atoms with Crippen molar-refractivity contribution in [3.8, 4) is 0 Å². The van der Waals surface area contributed by atoms with Crippen LogP contribution in [0.2, 0.25) is 0 Å². The van der Waals surface area contributed by atoms with Gasteiger partial charge in [0.05, 0.1) is 6.21 Å². The van der Waals surface area contributed by atoms with Gasteiger partial charge < -0.3 is 4.90 Å². The van der Waals surface area contributed by atoms with E-state index in [1.165, 1.54) is 18.5 Å². The Morgan fingerprint density at radius 1 is 1.09 bits per heavy atom. The Morgan fingerprint density at radius 3 is 2.48 bits per heavy atom. The highest BCUT2D eigenvalue weighted by Gasteiger charge is 2.12. The quantitative estimate of drug-likeness (QED) is 0.655. The van der Waals surface area contributed by atoms with Crippen molar-refractivity contribution in [1.29, 1.82) is 0 Å². The molecule has 4 nitrogen and oxygen atoms in total. The molecule has 1 heterocycles. The Kier molecular flexibility index (Phi) is 5.08. The van der Waals surface area contributed by atoms with Gasteiger partial charge in [-0.1, -0.05) is 34.1 Å². The second kappa shape index (κ2) is 7.42. The van der Waals surface area contributed by atoms with Crippen molar-refractivity contribution in [2.24, 2.45) is 5.10 Å². The fraction of sp³-hybridized carbons (Fsp3) is 0.222. The van der Waals surface area contributed by atoms with Crippen LogP contribution in [0.4, 0.5) is 5.69 Å². The molecule has 0 saturated carbocycles. The molecule has 0 aromatic heterocycles. The molecule has 3 rings (SSSR count). The van der Waals surface area contributed by atoms with Crippen molar-refractivity contribution < 1.29 is 4.79 Å². The maximum Gasteiger partial charge on any atom is 0.271 e. The van der Waals surface area contributed by atoms with Crippen molar-refractivity contribution in [2.75, 3.05) is 18.0 Å². The van der Waals surface area contributed by atoms with Crippen LogP contribution in [0.5, 0.6) is 0 Å². The van der Waals surface area contributed by atoms with Crippen LogP contribution in [-0.2, 0) is 0 Å². The van der Waals surface area contributed by atoms with E-state index in [4.69, 9.17) is 0 Å². The molecule has 1 saturated heterocycles. The van der Waals surface area contributed by atoms with Gasteiger partial charge in [-0.3, -0.25) is 4.79 Å². The predicted molar refractivity (Wildman–Crippen MR) is 97.1 cm³/mol. The van der Waals surface area contributed by atoms with Gasteiger partial charge >= 0.3 is 0 Å². The average Bonchev–Trinajstić information content (AvgIpc) is 3.11. The molecule has 0 unspecified atom stereocenters. The van der Waals surface area contributed by atoms with Gasteiger partial charge in [0.1, 0.15) is 0 Å². The predicted octanol–water partition coefficient (Wildman–Crippen LogP) is 3.81. The molecule has 2 aromatic carbocycles. The second-order valence-electron chi connectivity index (χ2n) is 5.46. The number of hydrogen-bond donors (Lipinski definition) is 1. The summed E-state index contributed by atoms with van der Waals surface area (Å²) < 4.78 is 0.938. The maximum atomic E-state index is 12.1. The summed E-state index contributed by atoms with van der Waals surface area (Å²) in [5, 5.41) is 4.01. The number of carbonyl (C=O) groups excluding carboxylic acids is 1.